The molecule has 0 spiro atoms. The number of rotatable bonds is 2. The summed E-state index contributed by atoms with van der Waals surface area (Å²) >= 11 is 14.9. The average molecular weight is 464 g/mol. The molecule has 0 amide bonds. The van der Waals surface area contributed by atoms with Crippen LogP contribution in [-0.2, 0) is 5.41 Å². The molecule has 27 heavy (non-hydrogen) atoms. The van der Waals surface area contributed by atoms with E-state index in [1.807, 2.05) is 0 Å². The van der Waals surface area contributed by atoms with Crippen molar-refractivity contribution in [2.75, 3.05) is 0 Å². The van der Waals surface area contributed by atoms with Gasteiger partial charge in [0.1, 0.15) is 11.5 Å². The Labute approximate surface area is 171 Å². The third kappa shape index (κ3) is 3.56. The predicted octanol–water partition coefficient (Wildman–Crippen LogP) is 5.66. The molecule has 0 aliphatic carbocycles. The largest absolute Gasteiger partial charge is 0.506 e. The van der Waals surface area contributed by atoms with E-state index in [2.05, 4.69) is 50.5 Å². The van der Waals surface area contributed by atoms with Crippen molar-refractivity contribution in [3.63, 3.8) is 0 Å². The lowest BCUT2D eigenvalue weighted by atomic mass is 9.73. The van der Waals surface area contributed by atoms with Gasteiger partial charge in [-0.1, -0.05) is 0 Å². The Hall–Kier alpha value is -0.980. The van der Waals surface area contributed by atoms with Crippen molar-refractivity contribution in [1.82, 2.24) is 0 Å². The van der Waals surface area contributed by atoms with Gasteiger partial charge in [0, 0.05) is 19.6 Å². The molecule has 12 heteroatoms. The van der Waals surface area contributed by atoms with Crippen molar-refractivity contribution in [2.45, 2.75) is 37.3 Å². The van der Waals surface area contributed by atoms with Crippen LogP contribution in [0, 0.1) is 0 Å². The molecule has 0 radical (unpaired) electrons. The SMILES string of the molecule is Oc1c(S)cc(C(c2cc(S)c(O)c(S)c2)(C(F)(F)F)C(F)(F)F)cc1S. The van der Waals surface area contributed by atoms with Gasteiger partial charge in [-0.25, -0.2) is 0 Å². The maximum absolute atomic E-state index is 14.0. The number of benzene rings is 2. The van der Waals surface area contributed by atoms with Gasteiger partial charge in [0.25, 0.3) is 0 Å². The van der Waals surface area contributed by atoms with E-state index in [9.17, 15) is 36.6 Å². The standard InChI is InChI=1S/C15H10F6O2S4/c16-14(17,18)13(15(19,20)21,5-1-7(24)11(22)8(25)2-5)6-3-9(26)12(23)10(27)4-6/h1-4,22-27H. The summed E-state index contributed by atoms with van der Waals surface area (Å²) in [5.74, 6) is -1.33. The van der Waals surface area contributed by atoms with Gasteiger partial charge in [0.05, 0.1) is 0 Å². The van der Waals surface area contributed by atoms with Crippen LogP contribution in [0.15, 0.2) is 43.8 Å². The van der Waals surface area contributed by atoms with Gasteiger partial charge in [-0.05, 0) is 35.4 Å². The van der Waals surface area contributed by atoms with E-state index in [4.69, 9.17) is 0 Å². The molecule has 2 aromatic carbocycles. The van der Waals surface area contributed by atoms with Gasteiger partial charge in [-0.15, -0.1) is 50.5 Å². The molecule has 0 heterocycles. The van der Waals surface area contributed by atoms with Crippen LogP contribution in [0.1, 0.15) is 11.1 Å². The molecule has 148 valence electrons. The quantitative estimate of drug-likeness (QED) is 0.256. The van der Waals surface area contributed by atoms with E-state index in [1.165, 1.54) is 0 Å². The van der Waals surface area contributed by atoms with Crippen LogP contribution in [0.5, 0.6) is 11.5 Å². The highest BCUT2D eigenvalue weighted by atomic mass is 32.1. The minimum absolute atomic E-state index is 0.461. The number of phenols is 2. The highest BCUT2D eigenvalue weighted by molar-refractivity contribution is 7.81. The second-order valence-electron chi connectivity index (χ2n) is 5.47. The fraction of sp³-hybridized carbons (Fsp3) is 0.200. The smallest absolute Gasteiger partial charge is 0.411 e. The van der Waals surface area contributed by atoms with Crippen molar-refractivity contribution in [3.8, 4) is 11.5 Å². The summed E-state index contributed by atoms with van der Waals surface area (Å²) in [6, 6.07) is 1.84. The molecule has 2 rings (SSSR count). The van der Waals surface area contributed by atoms with E-state index in [1.54, 1.807) is 0 Å². The molecular weight excluding hydrogens is 454 g/mol. The van der Waals surface area contributed by atoms with Gasteiger partial charge in [0.15, 0.2) is 0 Å². The minimum atomic E-state index is -5.86. The van der Waals surface area contributed by atoms with Crippen LogP contribution >= 0.6 is 50.5 Å². The first-order valence-corrected chi connectivity index (χ1v) is 8.57. The highest BCUT2D eigenvalue weighted by Crippen LogP contribution is 2.58. The fourth-order valence-electron chi connectivity index (χ4n) is 2.62. The number of thiol groups is 4. The Bertz CT molecular complexity index is 775. The van der Waals surface area contributed by atoms with Crippen molar-refractivity contribution >= 4 is 50.5 Å². The molecule has 0 saturated carbocycles. The maximum Gasteiger partial charge on any atom is 0.411 e. The topological polar surface area (TPSA) is 40.5 Å². The van der Waals surface area contributed by atoms with Crippen LogP contribution in [0.2, 0.25) is 0 Å². The van der Waals surface area contributed by atoms with E-state index >= 15 is 0 Å². The Balaban J connectivity index is 3.06. The molecule has 0 bridgehead atoms. The fourth-order valence-corrected chi connectivity index (χ4v) is 3.84. The first-order valence-electron chi connectivity index (χ1n) is 6.78. The predicted molar refractivity (Wildman–Crippen MR) is 98.1 cm³/mol. The van der Waals surface area contributed by atoms with Gasteiger partial charge >= 0.3 is 12.4 Å². The number of hydrogen-bond donors (Lipinski definition) is 6. The second kappa shape index (κ2) is 7.12. The van der Waals surface area contributed by atoms with E-state index in [0.717, 1.165) is 0 Å². The van der Waals surface area contributed by atoms with Crippen LogP contribution in [0.3, 0.4) is 0 Å². The Morgan fingerprint density at radius 1 is 0.556 bits per heavy atom. The number of phenolic OH excluding ortho intramolecular Hbond substituents is 2. The number of aromatic hydroxyl groups is 2. The first-order chi connectivity index (χ1) is 12.1. The summed E-state index contributed by atoms with van der Waals surface area (Å²) in [7, 11) is 0. The van der Waals surface area contributed by atoms with Crippen molar-refractivity contribution in [3.05, 3.63) is 35.4 Å². The number of halogens is 6. The summed E-state index contributed by atoms with van der Waals surface area (Å²) in [6.07, 6.45) is -11.7. The normalized spacial score (nSPS) is 13.1. The lowest BCUT2D eigenvalue weighted by Gasteiger charge is -2.39. The molecular formula is C15H10F6O2S4. The molecule has 0 unspecified atom stereocenters. The molecule has 0 aliphatic rings. The summed E-state index contributed by atoms with van der Waals surface area (Å²) < 4.78 is 84.2. The first kappa shape index (κ1) is 22.3. The molecule has 2 N–H and O–H groups in total. The summed E-state index contributed by atoms with van der Waals surface area (Å²) in [5.41, 5.74) is -7.03. The molecule has 0 saturated heterocycles. The molecule has 0 atom stereocenters. The zero-order valence-electron chi connectivity index (χ0n) is 12.8. The van der Waals surface area contributed by atoms with E-state index < -0.39 is 60.0 Å². The Morgan fingerprint density at radius 3 is 0.963 bits per heavy atom. The molecule has 2 aromatic rings. The van der Waals surface area contributed by atoms with Crippen LogP contribution < -0.4 is 0 Å². The van der Waals surface area contributed by atoms with Gasteiger partial charge < -0.3 is 10.2 Å². The van der Waals surface area contributed by atoms with Gasteiger partial charge in [-0.3, -0.25) is 0 Å². The van der Waals surface area contributed by atoms with Gasteiger partial charge in [0.2, 0.25) is 5.41 Å². The molecule has 2 nitrogen and oxygen atoms in total. The van der Waals surface area contributed by atoms with Crippen LogP contribution in [0.4, 0.5) is 26.3 Å². The summed E-state index contributed by atoms with van der Waals surface area (Å²) in [5, 5.41) is 19.2. The number of hydrogen-bond acceptors (Lipinski definition) is 6. The summed E-state index contributed by atoms with van der Waals surface area (Å²) in [6.45, 7) is 0. The zero-order valence-corrected chi connectivity index (χ0v) is 16.3. The highest BCUT2D eigenvalue weighted by Gasteiger charge is 2.72. The Kier molecular flexibility index (Phi) is 5.89. The van der Waals surface area contributed by atoms with Crippen molar-refractivity contribution in [1.29, 1.82) is 0 Å². The van der Waals surface area contributed by atoms with Crippen molar-refractivity contribution in [2.24, 2.45) is 0 Å². The minimum Gasteiger partial charge on any atom is -0.506 e. The monoisotopic (exact) mass is 464 g/mol. The second-order valence-corrected chi connectivity index (χ2v) is 7.40. The third-order valence-corrected chi connectivity index (χ3v) is 5.22. The molecule has 0 fully saturated rings. The number of alkyl halides is 6. The van der Waals surface area contributed by atoms with Gasteiger partial charge in [-0.2, -0.15) is 26.3 Å². The maximum atomic E-state index is 14.0. The molecule has 0 aromatic heterocycles. The Morgan fingerprint density at radius 2 is 0.778 bits per heavy atom. The lowest BCUT2D eigenvalue weighted by molar-refractivity contribution is -0.288. The van der Waals surface area contributed by atoms with Crippen LogP contribution in [-0.4, -0.2) is 22.6 Å². The van der Waals surface area contributed by atoms with E-state index in [0.29, 0.717) is 24.3 Å². The van der Waals surface area contributed by atoms with Crippen molar-refractivity contribution < 1.29 is 36.6 Å². The molecule has 0 aliphatic heterocycles. The lowest BCUT2D eigenvalue weighted by Crippen LogP contribution is -2.54. The van der Waals surface area contributed by atoms with Crippen LogP contribution in [0.25, 0.3) is 0 Å². The zero-order chi connectivity index (χ0) is 20.9. The average Bonchev–Trinajstić information content (AvgIpc) is 2.47. The third-order valence-electron chi connectivity index (χ3n) is 3.86. The van der Waals surface area contributed by atoms with E-state index in [-0.39, 0.29) is 0 Å². The summed E-state index contributed by atoms with van der Waals surface area (Å²) in [4.78, 5) is -2.09.